The number of hydrogen-bond acceptors (Lipinski definition) is 3. The van der Waals surface area contributed by atoms with Gasteiger partial charge in [-0.25, -0.2) is 0 Å². The van der Waals surface area contributed by atoms with Crippen molar-refractivity contribution in [2.45, 2.75) is 26.2 Å². The molecule has 1 rings (SSSR count). The molecule has 1 aromatic rings. The van der Waals surface area contributed by atoms with Crippen molar-refractivity contribution in [3.63, 3.8) is 0 Å². The number of nitrogens with two attached hydrogens (primary N) is 1. The molecule has 18 heavy (non-hydrogen) atoms. The summed E-state index contributed by atoms with van der Waals surface area (Å²) in [7, 11) is 1.60. The van der Waals surface area contributed by atoms with Crippen LogP contribution in [0.4, 0.5) is 0 Å². The number of carboxylic acid groups (broad SMARTS) is 1. The number of hydrogen-bond donors (Lipinski definition) is 2. The third-order valence-corrected chi connectivity index (χ3v) is 3.27. The Bertz CT molecular complexity index is 389. The molecular weight excluding hydrogens is 230 g/mol. The molecule has 0 radical (unpaired) electrons. The zero-order valence-electron chi connectivity index (χ0n) is 11.0. The third kappa shape index (κ3) is 3.23. The number of aliphatic carboxylic acids is 1. The van der Waals surface area contributed by atoms with Crippen LogP contribution in [0.2, 0.25) is 0 Å². The van der Waals surface area contributed by atoms with Crippen LogP contribution in [0, 0.1) is 5.41 Å². The van der Waals surface area contributed by atoms with Crippen LogP contribution in [0.3, 0.4) is 0 Å². The van der Waals surface area contributed by atoms with Gasteiger partial charge in [0.05, 0.1) is 12.5 Å². The molecule has 0 saturated carbocycles. The second-order valence-electron chi connectivity index (χ2n) is 4.56. The molecule has 1 aromatic carbocycles. The van der Waals surface area contributed by atoms with Crippen LogP contribution in [0.5, 0.6) is 5.75 Å². The van der Waals surface area contributed by atoms with Gasteiger partial charge >= 0.3 is 5.97 Å². The van der Waals surface area contributed by atoms with Crippen LogP contribution in [-0.2, 0) is 11.2 Å². The van der Waals surface area contributed by atoms with Crippen LogP contribution in [-0.4, -0.2) is 24.7 Å². The highest BCUT2D eigenvalue weighted by molar-refractivity contribution is 5.75. The summed E-state index contributed by atoms with van der Waals surface area (Å²) in [5.74, 6) is -0.0504. The van der Waals surface area contributed by atoms with E-state index in [0.29, 0.717) is 12.8 Å². The van der Waals surface area contributed by atoms with Crippen molar-refractivity contribution >= 4 is 5.97 Å². The van der Waals surface area contributed by atoms with E-state index in [9.17, 15) is 9.90 Å². The molecule has 0 spiro atoms. The van der Waals surface area contributed by atoms with E-state index in [1.54, 1.807) is 7.11 Å². The second kappa shape index (κ2) is 6.40. The van der Waals surface area contributed by atoms with E-state index < -0.39 is 11.4 Å². The van der Waals surface area contributed by atoms with Crippen molar-refractivity contribution in [3.05, 3.63) is 29.8 Å². The van der Waals surface area contributed by atoms with Gasteiger partial charge in [-0.2, -0.15) is 0 Å². The molecule has 4 nitrogen and oxygen atoms in total. The van der Waals surface area contributed by atoms with Crippen LogP contribution in [0.25, 0.3) is 0 Å². The van der Waals surface area contributed by atoms with E-state index in [1.165, 1.54) is 0 Å². The fourth-order valence-corrected chi connectivity index (χ4v) is 2.15. The maximum absolute atomic E-state index is 11.5. The summed E-state index contributed by atoms with van der Waals surface area (Å²) in [6.45, 7) is 2.13. The minimum absolute atomic E-state index is 0.155. The van der Waals surface area contributed by atoms with Gasteiger partial charge in [0.15, 0.2) is 0 Å². The molecule has 100 valence electrons. The average Bonchev–Trinajstić information content (AvgIpc) is 2.38. The van der Waals surface area contributed by atoms with Gasteiger partial charge < -0.3 is 15.6 Å². The second-order valence-corrected chi connectivity index (χ2v) is 4.56. The lowest BCUT2D eigenvalue weighted by atomic mass is 9.78. The van der Waals surface area contributed by atoms with Crippen molar-refractivity contribution in [3.8, 4) is 5.75 Å². The average molecular weight is 251 g/mol. The van der Waals surface area contributed by atoms with Gasteiger partial charge in [0.25, 0.3) is 0 Å². The van der Waals surface area contributed by atoms with Gasteiger partial charge in [-0.05, 0) is 30.5 Å². The van der Waals surface area contributed by atoms with E-state index in [1.807, 2.05) is 31.2 Å². The highest BCUT2D eigenvalue weighted by Crippen LogP contribution is 2.29. The van der Waals surface area contributed by atoms with Crippen LogP contribution in [0.1, 0.15) is 25.3 Å². The molecule has 0 bridgehead atoms. The van der Waals surface area contributed by atoms with Crippen molar-refractivity contribution in [2.75, 3.05) is 13.7 Å². The van der Waals surface area contributed by atoms with Crippen molar-refractivity contribution in [1.29, 1.82) is 0 Å². The number of carboxylic acids is 1. The van der Waals surface area contributed by atoms with Gasteiger partial charge in [0.1, 0.15) is 5.75 Å². The normalized spacial score (nSPS) is 13.9. The number of ether oxygens (including phenoxy) is 1. The first-order valence-electron chi connectivity index (χ1n) is 6.14. The molecule has 1 atom stereocenters. The number of methoxy groups -OCH3 is 1. The Morgan fingerprint density at radius 3 is 2.39 bits per heavy atom. The summed E-state index contributed by atoms with van der Waals surface area (Å²) in [4.78, 5) is 11.5. The summed E-state index contributed by atoms with van der Waals surface area (Å²) >= 11 is 0. The summed E-state index contributed by atoms with van der Waals surface area (Å²) in [5, 5.41) is 9.41. The summed E-state index contributed by atoms with van der Waals surface area (Å²) < 4.78 is 5.08. The highest BCUT2D eigenvalue weighted by atomic mass is 16.5. The lowest BCUT2D eigenvalue weighted by molar-refractivity contribution is -0.148. The van der Waals surface area contributed by atoms with E-state index >= 15 is 0 Å². The van der Waals surface area contributed by atoms with Crippen LogP contribution < -0.4 is 10.5 Å². The Hall–Kier alpha value is -1.55. The molecule has 0 aliphatic rings. The highest BCUT2D eigenvalue weighted by Gasteiger charge is 2.36. The number of rotatable bonds is 7. The Balaban J connectivity index is 2.91. The smallest absolute Gasteiger partial charge is 0.311 e. The zero-order chi connectivity index (χ0) is 13.6. The molecule has 0 heterocycles. The summed E-state index contributed by atoms with van der Waals surface area (Å²) in [6, 6.07) is 7.46. The summed E-state index contributed by atoms with van der Waals surface area (Å²) in [6.07, 6.45) is 1.85. The monoisotopic (exact) mass is 251 g/mol. The molecule has 0 aromatic heterocycles. The molecule has 1 unspecified atom stereocenters. The molecule has 0 fully saturated rings. The van der Waals surface area contributed by atoms with Crippen LogP contribution >= 0.6 is 0 Å². The molecule has 4 heteroatoms. The number of benzene rings is 1. The molecule has 3 N–H and O–H groups in total. The SMILES string of the molecule is CCCC(CN)(Cc1ccc(OC)cc1)C(=O)O. The first-order valence-corrected chi connectivity index (χ1v) is 6.14. The number of carbonyl (C=O) groups is 1. The lowest BCUT2D eigenvalue weighted by Crippen LogP contribution is -2.40. The van der Waals surface area contributed by atoms with Gasteiger partial charge in [0, 0.05) is 6.54 Å². The van der Waals surface area contributed by atoms with Crippen LogP contribution in [0.15, 0.2) is 24.3 Å². The maximum atomic E-state index is 11.5. The molecule has 0 saturated heterocycles. The first-order chi connectivity index (χ1) is 8.57. The molecular formula is C14H21NO3. The summed E-state index contributed by atoms with van der Waals surface area (Å²) in [5.41, 5.74) is 5.80. The predicted molar refractivity (Wildman–Crippen MR) is 70.7 cm³/mol. The maximum Gasteiger partial charge on any atom is 0.311 e. The Morgan fingerprint density at radius 2 is 2.00 bits per heavy atom. The Kier molecular flexibility index (Phi) is 5.16. The molecule has 0 amide bonds. The van der Waals surface area contributed by atoms with Gasteiger partial charge in [0.2, 0.25) is 0 Å². The fourth-order valence-electron chi connectivity index (χ4n) is 2.15. The fraction of sp³-hybridized carbons (Fsp3) is 0.500. The van der Waals surface area contributed by atoms with E-state index in [2.05, 4.69) is 0 Å². The topological polar surface area (TPSA) is 72.5 Å². The Labute approximate surface area is 108 Å². The van der Waals surface area contributed by atoms with Gasteiger partial charge in [-0.1, -0.05) is 25.5 Å². The first kappa shape index (κ1) is 14.5. The largest absolute Gasteiger partial charge is 0.497 e. The van der Waals surface area contributed by atoms with E-state index in [4.69, 9.17) is 10.5 Å². The van der Waals surface area contributed by atoms with Crippen molar-refractivity contribution in [1.82, 2.24) is 0 Å². The van der Waals surface area contributed by atoms with E-state index in [0.717, 1.165) is 17.7 Å². The lowest BCUT2D eigenvalue weighted by Gasteiger charge is -2.27. The third-order valence-electron chi connectivity index (χ3n) is 3.27. The minimum Gasteiger partial charge on any atom is -0.497 e. The molecule has 0 aliphatic heterocycles. The quantitative estimate of drug-likeness (QED) is 0.778. The van der Waals surface area contributed by atoms with Crippen molar-refractivity contribution < 1.29 is 14.6 Å². The predicted octanol–water partition coefficient (Wildman–Crippen LogP) is 2.07. The zero-order valence-corrected chi connectivity index (χ0v) is 11.0. The standard InChI is InChI=1S/C14H21NO3/c1-3-8-14(10-15,13(16)17)9-11-4-6-12(18-2)7-5-11/h4-7H,3,8-10,15H2,1-2H3,(H,16,17). The van der Waals surface area contributed by atoms with E-state index in [-0.39, 0.29) is 6.54 Å². The van der Waals surface area contributed by atoms with Gasteiger partial charge in [-0.15, -0.1) is 0 Å². The Morgan fingerprint density at radius 1 is 1.39 bits per heavy atom. The molecule has 0 aliphatic carbocycles. The van der Waals surface area contributed by atoms with Gasteiger partial charge in [-0.3, -0.25) is 4.79 Å². The minimum atomic E-state index is -0.858. The van der Waals surface area contributed by atoms with Crippen molar-refractivity contribution in [2.24, 2.45) is 11.1 Å².